The van der Waals surface area contributed by atoms with E-state index in [-0.39, 0.29) is 5.91 Å². The van der Waals surface area contributed by atoms with Crippen molar-refractivity contribution in [3.05, 3.63) is 35.0 Å². The fourth-order valence-corrected chi connectivity index (χ4v) is 3.44. The molecular weight excluding hydrogens is 286 g/mol. The molecule has 1 N–H and O–H groups in total. The van der Waals surface area contributed by atoms with Crippen LogP contribution >= 0.6 is 11.3 Å². The number of nitrogens with zero attached hydrogens (tertiary/aromatic N) is 4. The Hall–Kier alpha value is -1.73. The van der Waals surface area contributed by atoms with Crippen molar-refractivity contribution in [3.63, 3.8) is 0 Å². The number of thiazole rings is 1. The molecule has 0 bridgehead atoms. The van der Waals surface area contributed by atoms with Gasteiger partial charge in [-0.2, -0.15) is 5.10 Å². The summed E-state index contributed by atoms with van der Waals surface area (Å²) in [6.07, 6.45) is 5.14. The number of hydrogen-bond acceptors (Lipinski definition) is 5. The van der Waals surface area contributed by atoms with Crippen molar-refractivity contribution in [1.82, 2.24) is 25.0 Å². The van der Waals surface area contributed by atoms with Crippen LogP contribution in [0.4, 0.5) is 0 Å². The van der Waals surface area contributed by atoms with Crippen molar-refractivity contribution < 1.29 is 4.79 Å². The van der Waals surface area contributed by atoms with Crippen LogP contribution in [0.15, 0.2) is 29.4 Å². The Morgan fingerprint density at radius 1 is 1.52 bits per heavy atom. The molecule has 3 heterocycles. The van der Waals surface area contributed by atoms with Gasteiger partial charge in [0.05, 0.1) is 17.7 Å². The SMILES string of the molecule is CN(Cc1cscn1)C(=O)C1(n2cccn2)CCNCC1. The third kappa shape index (κ3) is 2.71. The van der Waals surface area contributed by atoms with E-state index in [1.165, 1.54) is 0 Å². The lowest BCUT2D eigenvalue weighted by molar-refractivity contribution is -0.142. The molecule has 112 valence electrons. The molecule has 3 rings (SSSR count). The van der Waals surface area contributed by atoms with E-state index in [1.54, 1.807) is 27.9 Å². The van der Waals surface area contributed by atoms with E-state index in [1.807, 2.05) is 29.4 Å². The van der Waals surface area contributed by atoms with Gasteiger partial charge in [-0.1, -0.05) is 0 Å². The lowest BCUT2D eigenvalue weighted by Gasteiger charge is -2.39. The Labute approximate surface area is 127 Å². The molecule has 21 heavy (non-hydrogen) atoms. The maximum Gasteiger partial charge on any atom is 0.250 e. The van der Waals surface area contributed by atoms with Crippen LogP contribution in [0, 0.1) is 0 Å². The summed E-state index contributed by atoms with van der Waals surface area (Å²) in [5.41, 5.74) is 2.15. The molecular formula is C14H19N5OS. The van der Waals surface area contributed by atoms with Gasteiger partial charge in [0, 0.05) is 24.8 Å². The lowest BCUT2D eigenvalue weighted by atomic mass is 9.87. The summed E-state index contributed by atoms with van der Waals surface area (Å²) >= 11 is 1.55. The summed E-state index contributed by atoms with van der Waals surface area (Å²) in [7, 11) is 1.84. The highest BCUT2D eigenvalue weighted by atomic mass is 32.1. The first-order valence-corrected chi connectivity index (χ1v) is 8.00. The summed E-state index contributed by atoms with van der Waals surface area (Å²) in [6, 6.07) is 1.87. The van der Waals surface area contributed by atoms with Gasteiger partial charge in [-0.25, -0.2) is 4.98 Å². The monoisotopic (exact) mass is 305 g/mol. The number of carbonyl (C=O) groups is 1. The molecule has 2 aromatic rings. The van der Waals surface area contributed by atoms with Gasteiger partial charge in [0.2, 0.25) is 0 Å². The van der Waals surface area contributed by atoms with E-state index < -0.39 is 5.54 Å². The molecule has 7 heteroatoms. The van der Waals surface area contributed by atoms with Crippen LogP contribution in [0.25, 0.3) is 0 Å². The van der Waals surface area contributed by atoms with E-state index in [2.05, 4.69) is 15.4 Å². The summed E-state index contributed by atoms with van der Waals surface area (Å²) in [4.78, 5) is 19.1. The van der Waals surface area contributed by atoms with Crippen LogP contribution in [-0.4, -0.2) is 45.7 Å². The molecule has 1 fully saturated rings. The first kappa shape index (κ1) is 14.2. The molecule has 1 saturated heterocycles. The van der Waals surface area contributed by atoms with Gasteiger partial charge in [0.1, 0.15) is 5.54 Å². The minimum atomic E-state index is -0.570. The summed E-state index contributed by atoms with van der Waals surface area (Å²) < 4.78 is 1.83. The predicted molar refractivity (Wildman–Crippen MR) is 80.9 cm³/mol. The molecule has 6 nitrogen and oxygen atoms in total. The molecule has 2 aromatic heterocycles. The maximum absolute atomic E-state index is 13.1. The zero-order valence-corrected chi connectivity index (χ0v) is 12.8. The smallest absolute Gasteiger partial charge is 0.250 e. The average Bonchev–Trinajstić information content (AvgIpc) is 3.20. The molecule has 0 aliphatic carbocycles. The maximum atomic E-state index is 13.1. The summed E-state index contributed by atoms with van der Waals surface area (Å²) in [5.74, 6) is 0.112. The van der Waals surface area contributed by atoms with E-state index >= 15 is 0 Å². The zero-order chi connectivity index (χ0) is 14.7. The van der Waals surface area contributed by atoms with Gasteiger partial charge in [0.15, 0.2) is 0 Å². The Morgan fingerprint density at radius 3 is 2.95 bits per heavy atom. The highest BCUT2D eigenvalue weighted by Gasteiger charge is 2.43. The largest absolute Gasteiger partial charge is 0.338 e. The molecule has 0 unspecified atom stereocenters. The van der Waals surface area contributed by atoms with Gasteiger partial charge in [-0.05, 0) is 32.0 Å². The highest BCUT2D eigenvalue weighted by molar-refractivity contribution is 7.07. The molecule has 0 aromatic carbocycles. The van der Waals surface area contributed by atoms with Crippen molar-refractivity contribution in [1.29, 1.82) is 0 Å². The molecule has 0 saturated carbocycles. The molecule has 1 aliphatic heterocycles. The second kappa shape index (κ2) is 5.95. The first-order chi connectivity index (χ1) is 10.2. The number of nitrogens with one attached hydrogen (secondary N) is 1. The van der Waals surface area contributed by atoms with Crippen LogP contribution < -0.4 is 5.32 Å². The normalized spacial score (nSPS) is 17.6. The van der Waals surface area contributed by atoms with E-state index in [0.717, 1.165) is 31.6 Å². The van der Waals surface area contributed by atoms with E-state index in [0.29, 0.717) is 6.54 Å². The fraction of sp³-hybridized carbons (Fsp3) is 0.500. The molecule has 1 amide bonds. The number of carbonyl (C=O) groups excluding carboxylic acids is 1. The van der Waals surface area contributed by atoms with Crippen LogP contribution in [-0.2, 0) is 16.9 Å². The number of aromatic nitrogens is 3. The number of hydrogen-bond donors (Lipinski definition) is 1. The van der Waals surface area contributed by atoms with E-state index in [4.69, 9.17) is 0 Å². The Balaban J connectivity index is 1.84. The molecule has 0 atom stereocenters. The van der Waals surface area contributed by atoms with Crippen LogP contribution in [0.1, 0.15) is 18.5 Å². The fourth-order valence-electron chi connectivity index (χ4n) is 2.89. The van der Waals surface area contributed by atoms with Gasteiger partial charge in [-0.3, -0.25) is 9.48 Å². The Kier molecular flexibility index (Phi) is 4.03. The van der Waals surface area contributed by atoms with Gasteiger partial charge < -0.3 is 10.2 Å². The molecule has 0 spiro atoms. The van der Waals surface area contributed by atoms with Crippen molar-refractivity contribution in [3.8, 4) is 0 Å². The highest BCUT2D eigenvalue weighted by Crippen LogP contribution is 2.29. The van der Waals surface area contributed by atoms with Crippen LogP contribution in [0.5, 0.6) is 0 Å². The average molecular weight is 305 g/mol. The minimum Gasteiger partial charge on any atom is -0.338 e. The topological polar surface area (TPSA) is 63.1 Å². The minimum absolute atomic E-state index is 0.112. The Morgan fingerprint density at radius 2 is 2.33 bits per heavy atom. The third-order valence-electron chi connectivity index (χ3n) is 4.00. The van der Waals surface area contributed by atoms with Crippen molar-refractivity contribution >= 4 is 17.2 Å². The van der Waals surface area contributed by atoms with Crippen molar-refractivity contribution in [2.24, 2.45) is 0 Å². The third-order valence-corrected chi connectivity index (χ3v) is 4.64. The Bertz CT molecular complexity index is 575. The summed E-state index contributed by atoms with van der Waals surface area (Å²) in [5, 5.41) is 9.64. The van der Waals surface area contributed by atoms with Crippen LogP contribution in [0.3, 0.4) is 0 Å². The van der Waals surface area contributed by atoms with Crippen LogP contribution in [0.2, 0.25) is 0 Å². The predicted octanol–water partition coefficient (Wildman–Crippen LogP) is 1.08. The van der Waals surface area contributed by atoms with Crippen molar-refractivity contribution in [2.75, 3.05) is 20.1 Å². The van der Waals surface area contributed by atoms with Gasteiger partial charge in [0.25, 0.3) is 5.91 Å². The number of likely N-dealkylation sites (N-methyl/N-ethyl adjacent to an activating group) is 1. The second-order valence-electron chi connectivity index (χ2n) is 5.37. The van der Waals surface area contributed by atoms with E-state index in [9.17, 15) is 4.79 Å². The summed E-state index contributed by atoms with van der Waals surface area (Å²) in [6.45, 7) is 2.20. The van der Waals surface area contributed by atoms with Crippen molar-refractivity contribution in [2.45, 2.75) is 24.9 Å². The lowest BCUT2D eigenvalue weighted by Crippen LogP contribution is -2.54. The standard InChI is InChI=1S/C14H19N5OS/c1-18(9-12-10-21-11-16-12)13(20)14(3-6-15-7-4-14)19-8-2-5-17-19/h2,5,8,10-11,15H,3-4,6-7,9H2,1H3. The van der Waals surface area contributed by atoms with Gasteiger partial charge >= 0.3 is 0 Å². The molecule has 0 radical (unpaired) electrons. The number of amides is 1. The quantitative estimate of drug-likeness (QED) is 0.918. The molecule has 1 aliphatic rings. The zero-order valence-electron chi connectivity index (χ0n) is 12.0. The number of rotatable bonds is 4. The first-order valence-electron chi connectivity index (χ1n) is 7.06. The van der Waals surface area contributed by atoms with Gasteiger partial charge in [-0.15, -0.1) is 11.3 Å². The second-order valence-corrected chi connectivity index (χ2v) is 6.09. The number of piperidine rings is 1.